The van der Waals surface area contributed by atoms with Gasteiger partial charge in [0.05, 0.1) is 14.2 Å². The lowest BCUT2D eigenvalue weighted by molar-refractivity contribution is -0.138. The monoisotopic (exact) mass is 189 g/mol. The molecule has 6 nitrogen and oxygen atoms in total. The molecular formula is C7H11NO5. The number of methoxy groups -OCH3 is 2. The Morgan fingerprint density at radius 1 is 1.23 bits per heavy atom. The molecule has 0 heterocycles. The second-order valence-corrected chi connectivity index (χ2v) is 2.06. The fourth-order valence-electron chi connectivity index (χ4n) is 0.572. The first-order valence-electron chi connectivity index (χ1n) is 3.36. The van der Waals surface area contributed by atoms with Gasteiger partial charge in [-0.3, -0.25) is 4.79 Å². The van der Waals surface area contributed by atoms with E-state index in [9.17, 15) is 9.59 Å². The van der Waals surface area contributed by atoms with Gasteiger partial charge in [-0.25, -0.2) is 4.79 Å². The molecule has 0 aromatic carbocycles. The third-order valence-electron chi connectivity index (χ3n) is 1.10. The number of hydrogen-bond acceptors (Lipinski definition) is 5. The van der Waals surface area contributed by atoms with Crippen molar-refractivity contribution < 1.29 is 24.2 Å². The molecule has 0 fully saturated rings. The van der Waals surface area contributed by atoms with Gasteiger partial charge in [0.1, 0.15) is 0 Å². The molecule has 0 unspecified atom stereocenters. The summed E-state index contributed by atoms with van der Waals surface area (Å²) < 4.78 is 8.64. The summed E-state index contributed by atoms with van der Waals surface area (Å²) in [6, 6.07) is 0. The van der Waals surface area contributed by atoms with Crippen LogP contribution in [0.3, 0.4) is 0 Å². The minimum atomic E-state index is -0.880. The Hall–Kier alpha value is -1.72. The number of aliphatic hydroxyl groups excluding tert-OH is 1. The summed E-state index contributed by atoms with van der Waals surface area (Å²) in [6.45, 7) is 1.19. The average molecular weight is 189 g/mol. The maximum absolute atomic E-state index is 10.9. The minimum Gasteiger partial charge on any atom is -0.479 e. The lowest BCUT2D eigenvalue weighted by Gasteiger charge is -2.07. The highest BCUT2D eigenvalue weighted by atomic mass is 16.6. The van der Waals surface area contributed by atoms with Crippen LogP contribution in [-0.4, -0.2) is 31.2 Å². The van der Waals surface area contributed by atoms with Crippen LogP contribution in [0, 0.1) is 0 Å². The van der Waals surface area contributed by atoms with Crippen molar-refractivity contribution in [2.45, 2.75) is 6.92 Å². The summed E-state index contributed by atoms with van der Waals surface area (Å²) in [5.74, 6) is -2.08. The number of carbonyl (C=O) groups is 2. The molecule has 0 radical (unpaired) electrons. The maximum atomic E-state index is 10.9. The van der Waals surface area contributed by atoms with Gasteiger partial charge in [-0.1, -0.05) is 0 Å². The first kappa shape index (κ1) is 11.3. The van der Waals surface area contributed by atoms with Gasteiger partial charge in [0.25, 0.3) is 0 Å². The highest BCUT2D eigenvalue weighted by Crippen LogP contribution is 2.00. The van der Waals surface area contributed by atoms with E-state index in [-0.39, 0.29) is 0 Å². The van der Waals surface area contributed by atoms with Gasteiger partial charge in [-0.2, -0.15) is 0 Å². The van der Waals surface area contributed by atoms with E-state index in [1.54, 1.807) is 0 Å². The molecule has 6 heteroatoms. The third kappa shape index (κ3) is 3.46. The molecular weight excluding hydrogens is 178 g/mol. The van der Waals surface area contributed by atoms with Gasteiger partial charge in [-0.05, 0) is 0 Å². The van der Waals surface area contributed by atoms with Crippen molar-refractivity contribution in [2.75, 3.05) is 14.2 Å². The number of esters is 1. The zero-order valence-electron chi connectivity index (χ0n) is 7.58. The van der Waals surface area contributed by atoms with Crippen molar-refractivity contribution in [1.29, 1.82) is 0 Å². The molecule has 0 atom stereocenters. The number of amides is 1. The Labute approximate surface area is 75.1 Å². The van der Waals surface area contributed by atoms with Gasteiger partial charge in [0.2, 0.25) is 11.6 Å². The highest BCUT2D eigenvalue weighted by Gasteiger charge is 2.17. The quantitative estimate of drug-likeness (QED) is 0.360. The van der Waals surface area contributed by atoms with Gasteiger partial charge >= 0.3 is 11.9 Å². The molecule has 0 aromatic rings. The largest absolute Gasteiger partial charge is 0.479 e. The van der Waals surface area contributed by atoms with Gasteiger partial charge in [0, 0.05) is 6.92 Å². The van der Waals surface area contributed by atoms with Gasteiger partial charge in [-0.15, -0.1) is 0 Å². The molecule has 0 saturated heterocycles. The van der Waals surface area contributed by atoms with Gasteiger partial charge < -0.3 is 19.9 Å². The molecule has 0 aliphatic rings. The zero-order valence-corrected chi connectivity index (χ0v) is 7.58. The SMILES string of the molecule is COC(=O)/C(NC(C)=O)=C(/O)OC. The van der Waals surface area contributed by atoms with Crippen molar-refractivity contribution in [3.63, 3.8) is 0 Å². The lowest BCUT2D eigenvalue weighted by atomic mass is 10.4. The first-order valence-corrected chi connectivity index (χ1v) is 3.36. The standard InChI is InChI=1S/C7H11NO5/c1-4(9)8-5(6(10)12-2)7(11)13-3/h10H,1-3H3,(H,8,9)/b6-5+. The molecule has 2 N–H and O–H groups in total. The summed E-state index contributed by atoms with van der Waals surface area (Å²) in [5.41, 5.74) is -0.419. The van der Waals surface area contributed by atoms with E-state index in [1.165, 1.54) is 6.92 Å². The van der Waals surface area contributed by atoms with Crippen LogP contribution in [0.5, 0.6) is 0 Å². The van der Waals surface area contributed by atoms with Crippen LogP contribution >= 0.6 is 0 Å². The van der Waals surface area contributed by atoms with Crippen LogP contribution in [0.25, 0.3) is 0 Å². The second-order valence-electron chi connectivity index (χ2n) is 2.06. The molecule has 74 valence electrons. The van der Waals surface area contributed by atoms with Crippen LogP contribution in [0.1, 0.15) is 6.92 Å². The van der Waals surface area contributed by atoms with E-state index in [1.807, 2.05) is 0 Å². The third-order valence-corrected chi connectivity index (χ3v) is 1.10. The summed E-state index contributed by atoms with van der Waals surface area (Å²) in [6.07, 6.45) is 0. The number of nitrogens with one attached hydrogen (secondary N) is 1. The average Bonchev–Trinajstić information content (AvgIpc) is 2.11. The molecule has 0 spiro atoms. The fraction of sp³-hybridized carbons (Fsp3) is 0.429. The molecule has 0 rings (SSSR count). The normalized spacial score (nSPS) is 11.3. The Morgan fingerprint density at radius 2 is 1.77 bits per heavy atom. The summed E-state index contributed by atoms with van der Waals surface area (Å²) >= 11 is 0. The first-order chi connectivity index (χ1) is 6.02. The summed E-state index contributed by atoms with van der Waals surface area (Å²) in [5, 5.41) is 11.1. The molecule has 0 bridgehead atoms. The molecule has 0 saturated carbocycles. The summed E-state index contributed by atoms with van der Waals surface area (Å²) in [7, 11) is 2.27. The molecule has 13 heavy (non-hydrogen) atoms. The van der Waals surface area contributed by atoms with Crippen molar-refractivity contribution >= 4 is 11.9 Å². The van der Waals surface area contributed by atoms with E-state index in [0.717, 1.165) is 14.2 Å². The predicted octanol–water partition coefficient (Wildman–Crippen LogP) is -0.331. The Morgan fingerprint density at radius 3 is 2.08 bits per heavy atom. The van der Waals surface area contributed by atoms with E-state index in [4.69, 9.17) is 5.11 Å². The number of aliphatic hydroxyl groups is 1. The molecule has 1 amide bonds. The van der Waals surface area contributed by atoms with Crippen LogP contribution < -0.4 is 5.32 Å². The van der Waals surface area contributed by atoms with E-state index < -0.39 is 23.5 Å². The molecule has 0 aliphatic heterocycles. The number of carbonyl (C=O) groups excluding carboxylic acids is 2. The Balaban J connectivity index is 4.75. The van der Waals surface area contributed by atoms with Crippen LogP contribution in [-0.2, 0) is 19.1 Å². The van der Waals surface area contributed by atoms with Crippen molar-refractivity contribution in [3.8, 4) is 0 Å². The number of rotatable bonds is 3. The van der Waals surface area contributed by atoms with Crippen LogP contribution in [0.15, 0.2) is 11.6 Å². The van der Waals surface area contributed by atoms with Crippen molar-refractivity contribution in [2.24, 2.45) is 0 Å². The Bertz CT molecular complexity index is 245. The lowest BCUT2D eigenvalue weighted by Crippen LogP contribution is -2.27. The van der Waals surface area contributed by atoms with Crippen molar-refractivity contribution in [1.82, 2.24) is 5.32 Å². The van der Waals surface area contributed by atoms with Crippen LogP contribution in [0.4, 0.5) is 0 Å². The van der Waals surface area contributed by atoms with Crippen LogP contribution in [0.2, 0.25) is 0 Å². The van der Waals surface area contributed by atoms with E-state index in [0.29, 0.717) is 0 Å². The second kappa shape index (κ2) is 5.02. The number of hydrogen-bond donors (Lipinski definition) is 2. The zero-order chi connectivity index (χ0) is 10.4. The predicted molar refractivity (Wildman–Crippen MR) is 42.5 cm³/mol. The smallest absolute Gasteiger partial charge is 0.362 e. The maximum Gasteiger partial charge on any atom is 0.362 e. The summed E-state index contributed by atoms with van der Waals surface area (Å²) in [4.78, 5) is 21.5. The Kier molecular flexibility index (Phi) is 4.36. The van der Waals surface area contributed by atoms with E-state index >= 15 is 0 Å². The van der Waals surface area contributed by atoms with Crippen molar-refractivity contribution in [3.05, 3.63) is 11.6 Å². The highest BCUT2D eigenvalue weighted by molar-refractivity contribution is 5.93. The van der Waals surface area contributed by atoms with Gasteiger partial charge in [0.15, 0.2) is 0 Å². The number of ether oxygens (including phenoxy) is 2. The molecule has 0 aliphatic carbocycles. The van der Waals surface area contributed by atoms with E-state index in [2.05, 4.69) is 14.8 Å². The topological polar surface area (TPSA) is 84.9 Å². The molecule has 0 aromatic heterocycles. The fourth-order valence-corrected chi connectivity index (χ4v) is 0.572. The minimum absolute atomic E-state index is 0.419.